The van der Waals surface area contributed by atoms with Crippen LogP contribution in [0.1, 0.15) is 15.9 Å². The molecule has 1 N–H and O–H groups in total. The zero-order valence-electron chi connectivity index (χ0n) is 13.5. The third-order valence-electron chi connectivity index (χ3n) is 3.59. The van der Waals surface area contributed by atoms with Crippen molar-refractivity contribution in [3.63, 3.8) is 0 Å². The molecule has 1 aromatic heterocycles. The molecule has 25 heavy (non-hydrogen) atoms. The Labute approximate surface area is 154 Å². The molecule has 1 amide bonds. The van der Waals surface area contributed by atoms with E-state index in [0.717, 1.165) is 15.7 Å². The van der Waals surface area contributed by atoms with Gasteiger partial charge in [-0.25, -0.2) is 5.43 Å². The molecule has 2 aromatic carbocycles. The highest BCUT2D eigenvalue weighted by Gasteiger charge is 2.11. The number of hydrogen-bond acceptors (Lipinski definition) is 3. The van der Waals surface area contributed by atoms with Crippen molar-refractivity contribution in [2.75, 3.05) is 7.11 Å². The lowest BCUT2D eigenvalue weighted by Gasteiger charge is -2.09. The molecular weight excluding hydrogens is 382 g/mol. The summed E-state index contributed by atoms with van der Waals surface area (Å²) in [6.07, 6.45) is 5.34. The van der Waals surface area contributed by atoms with Crippen LogP contribution in [0, 0.1) is 0 Å². The van der Waals surface area contributed by atoms with E-state index >= 15 is 0 Å². The Hall–Kier alpha value is -2.86. The largest absolute Gasteiger partial charge is 0.496 e. The minimum Gasteiger partial charge on any atom is -0.496 e. The summed E-state index contributed by atoms with van der Waals surface area (Å²) in [4.78, 5) is 12.5. The summed E-state index contributed by atoms with van der Waals surface area (Å²) in [6.45, 7) is 0. The van der Waals surface area contributed by atoms with Gasteiger partial charge in [-0.3, -0.25) is 4.79 Å². The fourth-order valence-corrected chi connectivity index (χ4v) is 2.79. The van der Waals surface area contributed by atoms with E-state index < -0.39 is 0 Å². The van der Waals surface area contributed by atoms with Gasteiger partial charge in [0.05, 0.1) is 24.6 Å². The summed E-state index contributed by atoms with van der Waals surface area (Å²) in [5.74, 6) is 0.392. The third-order valence-corrected chi connectivity index (χ3v) is 4.09. The molecule has 3 rings (SSSR count). The number of nitrogens with one attached hydrogen (secondary N) is 1. The molecule has 0 aliphatic rings. The first-order valence-corrected chi connectivity index (χ1v) is 8.37. The topological polar surface area (TPSA) is 55.6 Å². The van der Waals surface area contributed by atoms with Crippen molar-refractivity contribution < 1.29 is 9.53 Å². The van der Waals surface area contributed by atoms with Crippen LogP contribution < -0.4 is 10.2 Å². The van der Waals surface area contributed by atoms with E-state index in [1.165, 1.54) is 0 Å². The Kier molecular flexibility index (Phi) is 5.30. The smallest absolute Gasteiger partial charge is 0.273 e. The maximum Gasteiger partial charge on any atom is 0.273 e. The second-order valence-corrected chi connectivity index (χ2v) is 6.11. The minimum absolute atomic E-state index is 0.283. The highest BCUT2D eigenvalue weighted by molar-refractivity contribution is 9.10. The molecule has 0 bridgehead atoms. The molecule has 6 heteroatoms. The van der Waals surface area contributed by atoms with Crippen LogP contribution in [-0.4, -0.2) is 23.8 Å². The number of carbonyl (C=O) groups is 1. The van der Waals surface area contributed by atoms with Gasteiger partial charge in [0.1, 0.15) is 5.75 Å². The molecule has 0 saturated carbocycles. The van der Waals surface area contributed by atoms with Gasteiger partial charge in [-0.05, 0) is 42.5 Å². The molecule has 0 unspecified atom stereocenters. The number of aromatic nitrogens is 1. The first-order valence-electron chi connectivity index (χ1n) is 7.58. The van der Waals surface area contributed by atoms with Crippen molar-refractivity contribution in [1.82, 2.24) is 9.99 Å². The zero-order chi connectivity index (χ0) is 17.6. The predicted octanol–water partition coefficient (Wildman–Crippen LogP) is 4.01. The molecule has 0 aliphatic carbocycles. The van der Waals surface area contributed by atoms with Crippen molar-refractivity contribution in [3.05, 3.63) is 82.6 Å². The normalized spacial score (nSPS) is 10.8. The summed E-state index contributed by atoms with van der Waals surface area (Å²) in [5, 5.41) is 4.06. The zero-order valence-corrected chi connectivity index (χ0v) is 15.1. The molecule has 5 nitrogen and oxygen atoms in total. The average Bonchev–Trinajstić information content (AvgIpc) is 3.16. The summed E-state index contributed by atoms with van der Waals surface area (Å²) in [7, 11) is 1.59. The van der Waals surface area contributed by atoms with Gasteiger partial charge in [0.2, 0.25) is 0 Å². The van der Waals surface area contributed by atoms with E-state index in [1.807, 2.05) is 65.5 Å². The van der Waals surface area contributed by atoms with Crippen molar-refractivity contribution >= 4 is 28.1 Å². The van der Waals surface area contributed by atoms with E-state index in [0.29, 0.717) is 11.3 Å². The summed E-state index contributed by atoms with van der Waals surface area (Å²) < 4.78 is 8.07. The van der Waals surface area contributed by atoms with E-state index in [9.17, 15) is 4.79 Å². The number of para-hydroxylation sites is 1. The van der Waals surface area contributed by atoms with E-state index in [-0.39, 0.29) is 5.91 Å². The Morgan fingerprint density at radius 2 is 1.92 bits per heavy atom. The van der Waals surface area contributed by atoms with Crippen LogP contribution in [0.15, 0.2) is 76.6 Å². The summed E-state index contributed by atoms with van der Waals surface area (Å²) in [5.41, 5.74) is 4.66. The second-order valence-electron chi connectivity index (χ2n) is 5.19. The highest BCUT2D eigenvalue weighted by Crippen LogP contribution is 2.21. The van der Waals surface area contributed by atoms with Crippen molar-refractivity contribution in [1.29, 1.82) is 0 Å². The molecule has 3 aromatic rings. The second kappa shape index (κ2) is 7.81. The van der Waals surface area contributed by atoms with Crippen LogP contribution in [0.2, 0.25) is 0 Å². The molecular formula is C19H16BrN3O2. The number of methoxy groups -OCH3 is 1. The van der Waals surface area contributed by atoms with Crippen LogP contribution in [0.4, 0.5) is 0 Å². The number of ether oxygens (including phenoxy) is 1. The number of nitrogens with zero attached hydrogens (tertiary/aromatic N) is 2. The Bertz CT molecular complexity index is 905. The van der Waals surface area contributed by atoms with Gasteiger partial charge >= 0.3 is 0 Å². The fraction of sp³-hybridized carbons (Fsp3) is 0.0526. The standard InChI is InChI=1S/C19H16BrN3O2/c1-25-18-9-8-15(20)12-14(18)13-21-22-19(24)16-6-2-3-7-17(16)23-10-4-5-11-23/h2-13H,1H3,(H,22,24)/b21-13+. The lowest BCUT2D eigenvalue weighted by molar-refractivity contribution is 0.0955. The Morgan fingerprint density at radius 3 is 2.68 bits per heavy atom. The average molecular weight is 398 g/mol. The highest BCUT2D eigenvalue weighted by atomic mass is 79.9. The van der Waals surface area contributed by atoms with Crippen molar-refractivity contribution in [2.24, 2.45) is 5.10 Å². The fourth-order valence-electron chi connectivity index (χ4n) is 2.41. The first kappa shape index (κ1) is 17.0. The quantitative estimate of drug-likeness (QED) is 0.522. The van der Waals surface area contributed by atoms with Crippen LogP contribution in [0.5, 0.6) is 5.75 Å². The molecule has 0 radical (unpaired) electrons. The number of benzene rings is 2. The van der Waals surface area contributed by atoms with Crippen LogP contribution in [-0.2, 0) is 0 Å². The Morgan fingerprint density at radius 1 is 1.16 bits per heavy atom. The van der Waals surface area contributed by atoms with Crippen LogP contribution in [0.3, 0.4) is 0 Å². The number of hydrogen-bond donors (Lipinski definition) is 1. The summed E-state index contributed by atoms with van der Waals surface area (Å²) in [6, 6.07) is 16.7. The maximum atomic E-state index is 12.5. The number of carbonyl (C=O) groups excluding carboxylic acids is 1. The first-order chi connectivity index (χ1) is 12.2. The monoisotopic (exact) mass is 397 g/mol. The SMILES string of the molecule is COc1ccc(Br)cc1/C=N/NC(=O)c1ccccc1-n1cccc1. The van der Waals surface area contributed by atoms with E-state index in [2.05, 4.69) is 26.5 Å². The van der Waals surface area contributed by atoms with Gasteiger partial charge in [0, 0.05) is 22.4 Å². The number of hydrazone groups is 1. The van der Waals surface area contributed by atoms with Crippen molar-refractivity contribution in [2.45, 2.75) is 0 Å². The molecule has 126 valence electrons. The van der Waals surface area contributed by atoms with Gasteiger partial charge in [-0.2, -0.15) is 5.10 Å². The molecule has 0 fully saturated rings. The summed E-state index contributed by atoms with van der Waals surface area (Å²) >= 11 is 3.41. The lowest BCUT2D eigenvalue weighted by atomic mass is 10.1. The molecule has 0 saturated heterocycles. The van der Waals surface area contributed by atoms with Gasteiger partial charge in [0.25, 0.3) is 5.91 Å². The van der Waals surface area contributed by atoms with E-state index in [4.69, 9.17) is 4.74 Å². The molecule has 1 heterocycles. The number of halogens is 1. The van der Waals surface area contributed by atoms with Crippen LogP contribution >= 0.6 is 15.9 Å². The van der Waals surface area contributed by atoms with Gasteiger partial charge in [0.15, 0.2) is 0 Å². The number of amides is 1. The lowest BCUT2D eigenvalue weighted by Crippen LogP contribution is -2.19. The van der Waals surface area contributed by atoms with E-state index in [1.54, 1.807) is 19.4 Å². The van der Waals surface area contributed by atoms with Gasteiger partial charge < -0.3 is 9.30 Å². The minimum atomic E-state index is -0.283. The van der Waals surface area contributed by atoms with Gasteiger partial charge in [-0.15, -0.1) is 0 Å². The number of rotatable bonds is 5. The maximum absolute atomic E-state index is 12.5. The molecule has 0 atom stereocenters. The van der Waals surface area contributed by atoms with Crippen molar-refractivity contribution in [3.8, 4) is 11.4 Å². The van der Waals surface area contributed by atoms with Gasteiger partial charge in [-0.1, -0.05) is 28.1 Å². The third kappa shape index (κ3) is 3.97. The molecule has 0 spiro atoms. The Balaban J connectivity index is 1.79. The van der Waals surface area contributed by atoms with Crippen LogP contribution in [0.25, 0.3) is 5.69 Å². The predicted molar refractivity (Wildman–Crippen MR) is 102 cm³/mol. The molecule has 0 aliphatic heterocycles.